The van der Waals surface area contributed by atoms with Gasteiger partial charge in [-0.15, -0.1) is 0 Å². The monoisotopic (exact) mass is 419 g/mol. The number of allylic oxidation sites excluding steroid dienone is 1. The van der Waals surface area contributed by atoms with Crippen molar-refractivity contribution in [1.29, 1.82) is 0 Å². The van der Waals surface area contributed by atoms with Crippen LogP contribution in [0.15, 0.2) is 49.2 Å². The smallest absolute Gasteiger partial charge is 0.318 e. The van der Waals surface area contributed by atoms with Crippen LogP contribution in [0.4, 0.5) is 5.82 Å². The van der Waals surface area contributed by atoms with Crippen molar-refractivity contribution >= 4 is 5.82 Å². The number of hydrogen-bond acceptors (Lipinski definition) is 6. The van der Waals surface area contributed by atoms with Gasteiger partial charge < -0.3 is 14.5 Å². The summed E-state index contributed by atoms with van der Waals surface area (Å²) >= 11 is 0. The lowest BCUT2D eigenvalue weighted by Gasteiger charge is -2.40. The number of piperazine rings is 1. The van der Waals surface area contributed by atoms with Gasteiger partial charge in [0.15, 0.2) is 0 Å². The maximum atomic E-state index is 5.50. The van der Waals surface area contributed by atoms with Crippen molar-refractivity contribution in [2.75, 3.05) is 45.2 Å². The molecule has 0 radical (unpaired) electrons. The molecule has 2 aliphatic rings. The highest BCUT2D eigenvalue weighted by atomic mass is 16.5. The third-order valence-corrected chi connectivity index (χ3v) is 6.58. The second-order valence-electron chi connectivity index (χ2n) is 8.32. The number of ether oxygens (including phenoxy) is 1. The van der Waals surface area contributed by atoms with Crippen LogP contribution in [0.3, 0.4) is 0 Å². The topological polar surface area (TPSA) is 44.7 Å². The number of benzene rings is 1. The molecule has 6 heteroatoms. The fraction of sp³-hybridized carbons (Fsp3) is 0.440. The van der Waals surface area contributed by atoms with E-state index in [1.165, 1.54) is 16.7 Å². The Bertz CT molecular complexity index is 964. The van der Waals surface area contributed by atoms with Gasteiger partial charge in [-0.3, -0.25) is 4.90 Å². The maximum absolute atomic E-state index is 5.50. The molecular formula is C25H33N5O. The van der Waals surface area contributed by atoms with Crippen LogP contribution in [0.2, 0.25) is 0 Å². The molecule has 1 aromatic heterocycles. The van der Waals surface area contributed by atoms with Crippen LogP contribution in [0.25, 0.3) is 0 Å². The predicted octanol–water partition coefficient (Wildman–Crippen LogP) is 3.60. The zero-order chi connectivity index (χ0) is 22.0. The molecule has 0 bridgehead atoms. The predicted molar refractivity (Wildman–Crippen MR) is 125 cm³/mol. The molecule has 2 aliphatic heterocycles. The maximum Gasteiger partial charge on any atom is 0.318 e. The molecule has 31 heavy (non-hydrogen) atoms. The molecule has 1 atom stereocenters. The van der Waals surface area contributed by atoms with Gasteiger partial charge in [-0.2, -0.15) is 9.97 Å². The quantitative estimate of drug-likeness (QED) is 0.667. The zero-order valence-electron chi connectivity index (χ0n) is 19.0. The average Bonchev–Trinajstić information content (AvgIpc) is 2.82. The Balaban J connectivity index is 1.65. The summed E-state index contributed by atoms with van der Waals surface area (Å²) in [6.07, 6.45) is 3.72. The Kier molecular flexibility index (Phi) is 6.28. The molecule has 0 aliphatic carbocycles. The van der Waals surface area contributed by atoms with Crippen LogP contribution < -0.4 is 9.64 Å². The van der Waals surface area contributed by atoms with Crippen LogP contribution >= 0.6 is 0 Å². The summed E-state index contributed by atoms with van der Waals surface area (Å²) in [6, 6.07) is 9.53. The molecule has 0 N–H and O–H groups in total. The first-order chi connectivity index (χ1) is 15.0. The minimum atomic E-state index is 0.309. The Hall–Kier alpha value is -2.86. The second-order valence-corrected chi connectivity index (χ2v) is 8.32. The van der Waals surface area contributed by atoms with Gasteiger partial charge in [0.05, 0.1) is 12.8 Å². The zero-order valence-corrected chi connectivity index (χ0v) is 19.0. The highest BCUT2D eigenvalue weighted by molar-refractivity contribution is 5.52. The molecule has 164 valence electrons. The third-order valence-electron chi connectivity index (χ3n) is 6.58. The molecule has 1 fully saturated rings. The Morgan fingerprint density at radius 1 is 1.19 bits per heavy atom. The van der Waals surface area contributed by atoms with E-state index in [1.54, 1.807) is 7.11 Å². The van der Waals surface area contributed by atoms with Gasteiger partial charge in [-0.05, 0) is 30.7 Å². The van der Waals surface area contributed by atoms with Gasteiger partial charge in [-0.1, -0.05) is 44.3 Å². The minimum absolute atomic E-state index is 0.309. The normalized spacial score (nSPS) is 19.1. The molecule has 1 saturated heterocycles. The molecule has 0 amide bonds. The molecule has 6 nitrogen and oxygen atoms in total. The first kappa shape index (κ1) is 21.4. The van der Waals surface area contributed by atoms with E-state index in [-0.39, 0.29) is 0 Å². The summed E-state index contributed by atoms with van der Waals surface area (Å²) in [5.74, 6) is 1.01. The van der Waals surface area contributed by atoms with E-state index in [4.69, 9.17) is 14.7 Å². The number of methoxy groups -OCH3 is 1. The number of fused-ring (bicyclic) bond motifs is 1. The Morgan fingerprint density at radius 2 is 1.94 bits per heavy atom. The number of anilines is 1. The van der Waals surface area contributed by atoms with Gasteiger partial charge in [0.1, 0.15) is 5.82 Å². The molecule has 2 aromatic rings. The second kappa shape index (κ2) is 9.10. The number of nitrogens with zero attached hydrogens (tertiary/aromatic N) is 5. The highest BCUT2D eigenvalue weighted by Crippen LogP contribution is 2.37. The summed E-state index contributed by atoms with van der Waals surface area (Å²) in [5, 5.41) is 0. The summed E-state index contributed by atoms with van der Waals surface area (Å²) in [7, 11) is 3.86. The van der Waals surface area contributed by atoms with Gasteiger partial charge in [-0.25, -0.2) is 0 Å². The molecule has 0 spiro atoms. The SMILES string of the molecule is C=CC(=C)N1CCN(c2nc(OC)nc3c2CN(C)C(c2ccccc2CC)C3)CC1. The standard InChI is InChI=1S/C25H33N5O/c1-6-18(3)29-12-14-30(15-13-29)24-21-17-28(4)23(16-22(21)26-25(27-24)31-5)20-11-9-8-10-19(20)7-2/h6,8-11,23H,1,3,7,12-17H2,2,4-5H3. The summed E-state index contributed by atoms with van der Waals surface area (Å²) in [5.41, 5.74) is 6.12. The van der Waals surface area contributed by atoms with Crippen LogP contribution in [0.1, 0.15) is 35.3 Å². The first-order valence-electron chi connectivity index (χ1n) is 11.1. The Morgan fingerprint density at radius 3 is 2.61 bits per heavy atom. The molecule has 4 rings (SSSR count). The van der Waals surface area contributed by atoms with Crippen molar-refractivity contribution < 1.29 is 4.74 Å². The van der Waals surface area contributed by atoms with Gasteiger partial charge in [0, 0.05) is 56.4 Å². The van der Waals surface area contributed by atoms with Crippen molar-refractivity contribution in [2.45, 2.75) is 32.4 Å². The van der Waals surface area contributed by atoms with Gasteiger partial charge in [0.2, 0.25) is 0 Å². The summed E-state index contributed by atoms with van der Waals surface area (Å²) < 4.78 is 5.50. The van der Waals surface area contributed by atoms with Crippen molar-refractivity contribution in [2.24, 2.45) is 0 Å². The van der Waals surface area contributed by atoms with E-state index >= 15 is 0 Å². The lowest BCUT2D eigenvalue weighted by Crippen LogP contribution is -2.46. The largest absolute Gasteiger partial charge is 0.467 e. The van der Waals surface area contributed by atoms with Crippen molar-refractivity contribution in [3.8, 4) is 6.01 Å². The lowest BCUT2D eigenvalue weighted by atomic mass is 9.90. The molecule has 1 unspecified atom stereocenters. The lowest BCUT2D eigenvalue weighted by molar-refractivity contribution is 0.212. The molecule has 1 aromatic carbocycles. The van der Waals surface area contributed by atoms with E-state index in [0.717, 1.165) is 62.8 Å². The van der Waals surface area contributed by atoms with Crippen LogP contribution in [-0.2, 0) is 19.4 Å². The van der Waals surface area contributed by atoms with Crippen molar-refractivity contribution in [1.82, 2.24) is 19.8 Å². The van der Waals surface area contributed by atoms with Crippen molar-refractivity contribution in [3.05, 3.63) is 71.6 Å². The molecular weight excluding hydrogens is 386 g/mol. The highest BCUT2D eigenvalue weighted by Gasteiger charge is 2.32. The van der Waals surface area contributed by atoms with Crippen LogP contribution in [-0.4, -0.2) is 60.1 Å². The fourth-order valence-electron chi connectivity index (χ4n) is 4.74. The molecule has 3 heterocycles. The number of hydrogen-bond donors (Lipinski definition) is 0. The third kappa shape index (κ3) is 4.17. The number of aryl methyl sites for hydroxylation is 1. The Labute approximate surface area is 185 Å². The minimum Gasteiger partial charge on any atom is -0.467 e. The number of likely N-dealkylation sites (N-methyl/N-ethyl adjacent to an activating group) is 1. The average molecular weight is 420 g/mol. The van der Waals surface area contributed by atoms with Gasteiger partial charge >= 0.3 is 6.01 Å². The van der Waals surface area contributed by atoms with Gasteiger partial charge in [0.25, 0.3) is 0 Å². The van der Waals surface area contributed by atoms with E-state index < -0.39 is 0 Å². The summed E-state index contributed by atoms with van der Waals surface area (Å²) in [6.45, 7) is 14.6. The van der Waals surface area contributed by atoms with E-state index in [0.29, 0.717) is 12.1 Å². The summed E-state index contributed by atoms with van der Waals surface area (Å²) in [4.78, 5) is 16.7. The van der Waals surface area contributed by atoms with E-state index in [2.05, 4.69) is 66.1 Å². The van der Waals surface area contributed by atoms with Crippen LogP contribution in [0, 0.1) is 0 Å². The first-order valence-corrected chi connectivity index (χ1v) is 11.1. The fourth-order valence-corrected chi connectivity index (χ4v) is 4.74. The number of aromatic nitrogens is 2. The van der Waals surface area contributed by atoms with Crippen molar-refractivity contribution in [3.63, 3.8) is 0 Å². The number of rotatable bonds is 6. The van der Waals surface area contributed by atoms with Crippen LogP contribution in [0.5, 0.6) is 6.01 Å². The molecule has 0 saturated carbocycles. The van der Waals surface area contributed by atoms with E-state index in [9.17, 15) is 0 Å². The van der Waals surface area contributed by atoms with E-state index in [1.807, 2.05) is 6.08 Å².